The second-order valence-electron chi connectivity index (χ2n) is 2.04. The van der Waals surface area contributed by atoms with Crippen LogP contribution in [0.3, 0.4) is 0 Å². The summed E-state index contributed by atoms with van der Waals surface area (Å²) < 4.78 is 0. The van der Waals surface area contributed by atoms with E-state index in [9.17, 15) is 4.79 Å². The number of amides is 2. The lowest BCUT2D eigenvalue weighted by molar-refractivity contribution is 0.207. The number of carbonyl (C=O) groups excluding carboxylic acids is 1. The minimum atomic E-state index is -0.375. The van der Waals surface area contributed by atoms with E-state index in [0.717, 1.165) is 0 Å². The molecule has 2 amide bonds. The van der Waals surface area contributed by atoms with E-state index in [1.54, 1.807) is 7.05 Å². The van der Waals surface area contributed by atoms with E-state index in [1.807, 2.05) is 27.7 Å². The molecule has 0 aliphatic rings. The molecule has 0 unspecified atom stereocenters. The van der Waals surface area contributed by atoms with Crippen molar-refractivity contribution in [2.24, 2.45) is 5.73 Å². The van der Waals surface area contributed by atoms with E-state index < -0.39 is 0 Å². The fourth-order valence-electron chi connectivity index (χ4n) is 0.254. The minimum Gasteiger partial charge on any atom is -0.351 e. The number of rotatable bonds is 1. The Hall–Kier alpha value is -0.730. The predicted octanol–water partition coefficient (Wildman–Crippen LogP) is 1.68. The summed E-state index contributed by atoms with van der Waals surface area (Å²) in [6, 6.07) is -0.174. The molecule has 0 rings (SSSR count). The summed E-state index contributed by atoms with van der Waals surface area (Å²) in [5.74, 6) is 0. The van der Waals surface area contributed by atoms with Gasteiger partial charge in [-0.2, -0.15) is 0 Å². The van der Waals surface area contributed by atoms with Gasteiger partial charge in [0.25, 0.3) is 0 Å². The Morgan fingerprint density at radius 3 is 1.80 bits per heavy atom. The first kappa shape index (κ1) is 12.0. The summed E-state index contributed by atoms with van der Waals surface area (Å²) in [4.78, 5) is 11.8. The van der Waals surface area contributed by atoms with Gasteiger partial charge in [-0.1, -0.05) is 13.8 Å². The standard InChI is InChI=1S/C5H12N2O.C2H6.H2/c1-4(2)7(3)5(6)8;1-2;/h4H,1-3H3,(H2,6,8);1-2H3;1H. The van der Waals surface area contributed by atoms with Crippen molar-refractivity contribution in [3.8, 4) is 0 Å². The SMILES string of the molecule is CC.CC(C)N(C)C(N)=O.[HH]. The van der Waals surface area contributed by atoms with Crippen LogP contribution in [0.25, 0.3) is 0 Å². The smallest absolute Gasteiger partial charge is 0.314 e. The number of carbonyl (C=O) groups is 1. The van der Waals surface area contributed by atoms with Gasteiger partial charge < -0.3 is 10.6 Å². The van der Waals surface area contributed by atoms with Gasteiger partial charge in [0.1, 0.15) is 0 Å². The molecule has 3 heteroatoms. The van der Waals surface area contributed by atoms with Crippen molar-refractivity contribution in [1.82, 2.24) is 4.90 Å². The molecule has 3 nitrogen and oxygen atoms in total. The molecule has 0 heterocycles. The van der Waals surface area contributed by atoms with E-state index in [2.05, 4.69) is 0 Å². The van der Waals surface area contributed by atoms with Gasteiger partial charge in [0.05, 0.1) is 0 Å². The molecule has 2 N–H and O–H groups in total. The monoisotopic (exact) mass is 148 g/mol. The van der Waals surface area contributed by atoms with E-state index in [0.29, 0.717) is 0 Å². The molecule has 0 fully saturated rings. The van der Waals surface area contributed by atoms with Crippen LogP contribution in [0, 0.1) is 0 Å². The van der Waals surface area contributed by atoms with Crippen LogP contribution in [-0.2, 0) is 0 Å². The van der Waals surface area contributed by atoms with Crippen molar-refractivity contribution >= 4 is 6.03 Å². The number of hydrogen-bond donors (Lipinski definition) is 1. The maximum atomic E-state index is 10.3. The third-order valence-corrected chi connectivity index (χ3v) is 1.12. The Bertz CT molecular complexity index is 96.4. The summed E-state index contributed by atoms with van der Waals surface area (Å²) in [6.07, 6.45) is 0. The fraction of sp³-hybridized carbons (Fsp3) is 0.857. The van der Waals surface area contributed by atoms with Crippen LogP contribution in [0.4, 0.5) is 4.79 Å². The van der Waals surface area contributed by atoms with Crippen molar-refractivity contribution in [2.45, 2.75) is 33.7 Å². The van der Waals surface area contributed by atoms with Crippen molar-refractivity contribution in [3.05, 3.63) is 0 Å². The number of primary amides is 1. The maximum Gasteiger partial charge on any atom is 0.314 e. The molecule has 0 aromatic rings. The topological polar surface area (TPSA) is 46.3 Å². The quantitative estimate of drug-likeness (QED) is 0.604. The van der Waals surface area contributed by atoms with E-state index in [1.165, 1.54) is 4.90 Å². The van der Waals surface area contributed by atoms with E-state index in [4.69, 9.17) is 5.73 Å². The highest BCUT2D eigenvalue weighted by molar-refractivity contribution is 5.71. The second kappa shape index (κ2) is 6.39. The summed E-state index contributed by atoms with van der Waals surface area (Å²) in [5.41, 5.74) is 4.92. The molecule has 0 bridgehead atoms. The third-order valence-electron chi connectivity index (χ3n) is 1.12. The molecule has 0 aliphatic heterocycles. The molecular weight excluding hydrogens is 128 g/mol. The van der Waals surface area contributed by atoms with Crippen LogP contribution in [0.1, 0.15) is 29.1 Å². The lowest BCUT2D eigenvalue weighted by Crippen LogP contribution is -2.37. The Labute approximate surface area is 64.7 Å². The number of nitrogens with zero attached hydrogens (tertiary/aromatic N) is 1. The number of hydrogen-bond acceptors (Lipinski definition) is 1. The number of nitrogens with two attached hydrogens (primary N) is 1. The van der Waals surface area contributed by atoms with Gasteiger partial charge in [0.2, 0.25) is 0 Å². The molecule has 0 aromatic heterocycles. The minimum absolute atomic E-state index is 0. The highest BCUT2D eigenvalue weighted by Gasteiger charge is 2.04. The number of urea groups is 1. The molecule has 0 aromatic carbocycles. The molecule has 0 spiro atoms. The van der Waals surface area contributed by atoms with Crippen molar-refractivity contribution in [2.75, 3.05) is 7.05 Å². The second-order valence-corrected chi connectivity index (χ2v) is 2.04. The fourth-order valence-corrected chi connectivity index (χ4v) is 0.254. The van der Waals surface area contributed by atoms with Gasteiger partial charge in [-0.05, 0) is 13.8 Å². The van der Waals surface area contributed by atoms with Crippen molar-refractivity contribution in [3.63, 3.8) is 0 Å². The summed E-state index contributed by atoms with van der Waals surface area (Å²) in [7, 11) is 1.67. The lowest BCUT2D eigenvalue weighted by atomic mass is 10.4. The first-order valence-electron chi connectivity index (χ1n) is 3.58. The zero-order valence-corrected chi connectivity index (χ0v) is 7.51. The first-order chi connectivity index (χ1) is 4.55. The summed E-state index contributed by atoms with van der Waals surface area (Å²) >= 11 is 0. The molecule has 0 radical (unpaired) electrons. The van der Waals surface area contributed by atoms with Crippen LogP contribution in [0.2, 0.25) is 0 Å². The van der Waals surface area contributed by atoms with Crippen molar-refractivity contribution in [1.29, 1.82) is 0 Å². The van der Waals surface area contributed by atoms with Gasteiger partial charge in [0, 0.05) is 14.5 Å². The van der Waals surface area contributed by atoms with Gasteiger partial charge in [0.15, 0.2) is 0 Å². The molecule has 0 atom stereocenters. The summed E-state index contributed by atoms with van der Waals surface area (Å²) in [5, 5.41) is 0. The molecule has 10 heavy (non-hydrogen) atoms. The van der Waals surface area contributed by atoms with Crippen LogP contribution in [0.15, 0.2) is 0 Å². The normalized spacial score (nSPS) is 8.20. The largest absolute Gasteiger partial charge is 0.351 e. The highest BCUT2D eigenvalue weighted by Crippen LogP contribution is 1.89. The van der Waals surface area contributed by atoms with E-state index in [-0.39, 0.29) is 13.5 Å². The van der Waals surface area contributed by atoms with Gasteiger partial charge >= 0.3 is 6.03 Å². The molecule has 0 aliphatic carbocycles. The average Bonchev–Trinajstić information content (AvgIpc) is 1.90. The van der Waals surface area contributed by atoms with Crippen LogP contribution < -0.4 is 5.73 Å². The lowest BCUT2D eigenvalue weighted by Gasteiger charge is -2.17. The van der Waals surface area contributed by atoms with Crippen LogP contribution in [-0.4, -0.2) is 24.0 Å². The van der Waals surface area contributed by atoms with Gasteiger partial charge in [-0.15, -0.1) is 0 Å². The van der Waals surface area contributed by atoms with Gasteiger partial charge in [-0.25, -0.2) is 4.79 Å². The van der Waals surface area contributed by atoms with Crippen molar-refractivity contribution < 1.29 is 6.22 Å². The Morgan fingerprint density at radius 1 is 1.50 bits per heavy atom. The highest BCUT2D eigenvalue weighted by atomic mass is 16.2. The Balaban J connectivity index is -0.000000196. The summed E-state index contributed by atoms with van der Waals surface area (Å²) in [6.45, 7) is 7.82. The molecular formula is C7H20N2O. The molecule has 64 valence electrons. The Morgan fingerprint density at radius 2 is 1.80 bits per heavy atom. The predicted molar refractivity (Wildman–Crippen MR) is 45.9 cm³/mol. The van der Waals surface area contributed by atoms with E-state index >= 15 is 0 Å². The average molecular weight is 148 g/mol. The van der Waals surface area contributed by atoms with Gasteiger partial charge in [-0.3, -0.25) is 0 Å². The zero-order chi connectivity index (χ0) is 8.73. The Kier molecular flexibility index (Phi) is 7.67. The zero-order valence-electron chi connectivity index (χ0n) is 7.51. The molecule has 0 saturated carbocycles. The van der Waals surface area contributed by atoms with Crippen LogP contribution >= 0.6 is 0 Å². The molecule has 0 saturated heterocycles. The third kappa shape index (κ3) is 5.41. The van der Waals surface area contributed by atoms with Crippen LogP contribution in [0.5, 0.6) is 0 Å². The maximum absolute atomic E-state index is 10.3. The first-order valence-corrected chi connectivity index (χ1v) is 3.58.